The molecule has 0 amide bonds. The molecule has 1 aromatic heterocycles. The summed E-state index contributed by atoms with van der Waals surface area (Å²) in [6.07, 6.45) is 1.85. The predicted octanol–water partition coefficient (Wildman–Crippen LogP) is 5.03. The number of rotatable bonds is 4. The number of aromatic nitrogens is 1. The first-order valence-electron chi connectivity index (χ1n) is 6.20. The van der Waals surface area contributed by atoms with Crippen molar-refractivity contribution in [3.05, 3.63) is 46.6 Å². The molecule has 0 spiro atoms. The van der Waals surface area contributed by atoms with Gasteiger partial charge in [-0.1, -0.05) is 6.92 Å². The predicted molar refractivity (Wildman–Crippen MR) is 87.6 cm³/mol. The van der Waals surface area contributed by atoms with Gasteiger partial charge in [0.1, 0.15) is 5.82 Å². The zero-order valence-electron chi connectivity index (χ0n) is 11.4. The Bertz CT molecular complexity index is 555. The average molecular weight is 337 g/mol. The summed E-state index contributed by atoms with van der Waals surface area (Å²) >= 11 is 5.33. The Balaban J connectivity index is 2.22. The molecule has 19 heavy (non-hydrogen) atoms. The van der Waals surface area contributed by atoms with Gasteiger partial charge in [-0.3, -0.25) is 0 Å². The van der Waals surface area contributed by atoms with Crippen LogP contribution in [0.1, 0.15) is 12.5 Å². The van der Waals surface area contributed by atoms with Crippen molar-refractivity contribution in [1.82, 2.24) is 4.98 Å². The highest BCUT2D eigenvalue weighted by atomic mass is 79.9. The van der Waals surface area contributed by atoms with Gasteiger partial charge in [0.05, 0.1) is 0 Å². The number of pyridine rings is 1. The van der Waals surface area contributed by atoms with Crippen LogP contribution < -0.4 is 4.90 Å². The first-order chi connectivity index (χ1) is 9.11. The van der Waals surface area contributed by atoms with Crippen molar-refractivity contribution in [3.63, 3.8) is 0 Å². The molecule has 0 saturated carbocycles. The van der Waals surface area contributed by atoms with Crippen LogP contribution in [0.2, 0.25) is 0 Å². The molecule has 0 atom stereocenters. The molecule has 0 fully saturated rings. The lowest BCUT2D eigenvalue weighted by Gasteiger charge is -2.19. The lowest BCUT2D eigenvalue weighted by atomic mass is 10.2. The Morgan fingerprint density at radius 2 is 1.95 bits per heavy atom. The standard InChI is InChI=1S/C15H17BrN2S/c1-4-19-13-7-5-12(6-8-13)18(3)15-9-11(2)14(16)10-17-15/h5-10H,4H2,1-3H3. The smallest absolute Gasteiger partial charge is 0.132 e. The minimum Gasteiger partial charge on any atom is -0.329 e. The molecule has 1 heterocycles. The molecule has 0 saturated heterocycles. The van der Waals surface area contributed by atoms with Crippen LogP contribution in [-0.4, -0.2) is 17.8 Å². The number of nitrogens with zero attached hydrogens (tertiary/aromatic N) is 2. The van der Waals surface area contributed by atoms with Crippen molar-refractivity contribution >= 4 is 39.2 Å². The van der Waals surface area contributed by atoms with Crippen LogP contribution in [0.4, 0.5) is 11.5 Å². The molecule has 0 aliphatic heterocycles. The highest BCUT2D eigenvalue weighted by Crippen LogP contribution is 2.27. The van der Waals surface area contributed by atoms with E-state index in [1.807, 2.05) is 25.0 Å². The van der Waals surface area contributed by atoms with Crippen molar-refractivity contribution in [2.75, 3.05) is 17.7 Å². The number of thioether (sulfide) groups is 1. The molecule has 0 aliphatic rings. The third-order valence-corrected chi connectivity index (χ3v) is 4.64. The second-order valence-electron chi connectivity index (χ2n) is 4.28. The van der Waals surface area contributed by atoms with Crippen molar-refractivity contribution in [3.8, 4) is 0 Å². The highest BCUT2D eigenvalue weighted by molar-refractivity contribution is 9.10. The SMILES string of the molecule is CCSc1ccc(N(C)c2cc(C)c(Br)cn2)cc1. The fourth-order valence-corrected chi connectivity index (χ4v) is 2.65. The van der Waals surface area contributed by atoms with E-state index in [9.17, 15) is 0 Å². The van der Waals surface area contributed by atoms with Crippen LogP contribution in [-0.2, 0) is 0 Å². The lowest BCUT2D eigenvalue weighted by Crippen LogP contribution is -2.11. The Morgan fingerprint density at radius 1 is 1.26 bits per heavy atom. The third-order valence-electron chi connectivity index (χ3n) is 2.91. The van der Waals surface area contributed by atoms with Gasteiger partial charge in [0, 0.05) is 28.3 Å². The van der Waals surface area contributed by atoms with Crippen LogP contribution >= 0.6 is 27.7 Å². The molecule has 0 bridgehead atoms. The number of halogens is 1. The van der Waals surface area contributed by atoms with Crippen molar-refractivity contribution in [2.24, 2.45) is 0 Å². The van der Waals surface area contributed by atoms with E-state index >= 15 is 0 Å². The van der Waals surface area contributed by atoms with Gasteiger partial charge >= 0.3 is 0 Å². The molecule has 2 nitrogen and oxygen atoms in total. The molecule has 0 unspecified atom stereocenters. The van der Waals surface area contributed by atoms with Crippen molar-refractivity contribution < 1.29 is 0 Å². The summed E-state index contributed by atoms with van der Waals surface area (Å²) in [6.45, 7) is 4.24. The van der Waals surface area contributed by atoms with Crippen LogP contribution in [0, 0.1) is 6.92 Å². The van der Waals surface area contributed by atoms with E-state index in [0.717, 1.165) is 21.7 Å². The molecular weight excluding hydrogens is 320 g/mol. The van der Waals surface area contributed by atoms with Gasteiger partial charge in [-0.2, -0.15) is 0 Å². The normalized spacial score (nSPS) is 10.5. The molecule has 2 rings (SSSR count). The topological polar surface area (TPSA) is 16.1 Å². The first kappa shape index (κ1) is 14.4. The number of benzene rings is 1. The summed E-state index contributed by atoms with van der Waals surface area (Å²) in [5, 5.41) is 0. The molecule has 100 valence electrons. The van der Waals surface area contributed by atoms with Crippen LogP contribution in [0.3, 0.4) is 0 Å². The Hall–Kier alpha value is -1.00. The van der Waals surface area contributed by atoms with Gasteiger partial charge in [-0.25, -0.2) is 4.98 Å². The molecular formula is C15H17BrN2S. The summed E-state index contributed by atoms with van der Waals surface area (Å²) in [7, 11) is 2.04. The molecule has 0 N–H and O–H groups in total. The molecule has 0 radical (unpaired) electrons. The molecule has 4 heteroatoms. The second kappa shape index (κ2) is 6.44. The highest BCUT2D eigenvalue weighted by Gasteiger charge is 2.07. The van der Waals surface area contributed by atoms with Crippen molar-refractivity contribution in [1.29, 1.82) is 0 Å². The minimum absolute atomic E-state index is 0.955. The average Bonchev–Trinajstić information content (AvgIpc) is 2.42. The number of anilines is 2. The van der Waals surface area contributed by atoms with Gasteiger partial charge in [0.2, 0.25) is 0 Å². The maximum Gasteiger partial charge on any atom is 0.132 e. The van der Waals surface area contributed by atoms with Crippen LogP contribution in [0.25, 0.3) is 0 Å². The maximum atomic E-state index is 4.45. The Labute approximate surface area is 127 Å². The van der Waals surface area contributed by atoms with E-state index in [1.165, 1.54) is 10.5 Å². The van der Waals surface area contributed by atoms with E-state index < -0.39 is 0 Å². The first-order valence-corrected chi connectivity index (χ1v) is 7.98. The summed E-state index contributed by atoms with van der Waals surface area (Å²) in [5.41, 5.74) is 2.34. The fourth-order valence-electron chi connectivity index (χ4n) is 1.77. The second-order valence-corrected chi connectivity index (χ2v) is 6.47. The molecule has 0 aliphatic carbocycles. The maximum absolute atomic E-state index is 4.45. The minimum atomic E-state index is 0.955. The van der Waals surface area contributed by atoms with Crippen LogP contribution in [0.15, 0.2) is 45.9 Å². The zero-order valence-corrected chi connectivity index (χ0v) is 13.8. The molecule has 2 aromatic rings. The quantitative estimate of drug-likeness (QED) is 0.728. The lowest BCUT2D eigenvalue weighted by molar-refractivity contribution is 1.11. The van der Waals surface area contributed by atoms with E-state index in [0.29, 0.717) is 0 Å². The van der Waals surface area contributed by atoms with E-state index in [4.69, 9.17) is 0 Å². The summed E-state index contributed by atoms with van der Waals surface area (Å²) in [5.74, 6) is 2.06. The van der Waals surface area contributed by atoms with E-state index in [1.54, 1.807) is 0 Å². The van der Waals surface area contributed by atoms with Gasteiger partial charge in [-0.05, 0) is 64.5 Å². The summed E-state index contributed by atoms with van der Waals surface area (Å²) in [6, 6.07) is 10.7. The summed E-state index contributed by atoms with van der Waals surface area (Å²) < 4.78 is 1.04. The van der Waals surface area contributed by atoms with Gasteiger partial charge in [0.15, 0.2) is 0 Å². The van der Waals surface area contributed by atoms with E-state index in [-0.39, 0.29) is 0 Å². The van der Waals surface area contributed by atoms with Gasteiger partial charge in [0.25, 0.3) is 0 Å². The fraction of sp³-hybridized carbons (Fsp3) is 0.267. The number of hydrogen-bond donors (Lipinski definition) is 0. The number of aryl methyl sites for hydroxylation is 1. The van der Waals surface area contributed by atoms with Crippen LogP contribution in [0.5, 0.6) is 0 Å². The van der Waals surface area contributed by atoms with Crippen molar-refractivity contribution in [2.45, 2.75) is 18.7 Å². The number of hydrogen-bond acceptors (Lipinski definition) is 3. The van der Waals surface area contributed by atoms with E-state index in [2.05, 4.69) is 70.0 Å². The summed E-state index contributed by atoms with van der Waals surface area (Å²) in [4.78, 5) is 7.85. The Morgan fingerprint density at radius 3 is 2.53 bits per heavy atom. The molecule has 1 aromatic carbocycles. The third kappa shape index (κ3) is 3.51. The monoisotopic (exact) mass is 336 g/mol. The largest absolute Gasteiger partial charge is 0.329 e. The zero-order chi connectivity index (χ0) is 13.8. The van der Waals surface area contributed by atoms with Gasteiger partial charge < -0.3 is 4.90 Å². The van der Waals surface area contributed by atoms with Gasteiger partial charge in [-0.15, -0.1) is 11.8 Å². The Kier molecular flexibility index (Phi) is 4.88.